The van der Waals surface area contributed by atoms with Gasteiger partial charge in [0, 0.05) is 18.1 Å². The second-order valence-electron chi connectivity index (χ2n) is 5.78. The first-order valence-corrected chi connectivity index (χ1v) is 8.11. The van der Waals surface area contributed by atoms with Crippen molar-refractivity contribution in [1.29, 1.82) is 0 Å². The summed E-state index contributed by atoms with van der Waals surface area (Å²) in [5.41, 5.74) is 1.91. The van der Waals surface area contributed by atoms with Crippen LogP contribution in [-0.2, 0) is 22.6 Å². The maximum atomic E-state index is 12.3. The van der Waals surface area contributed by atoms with Crippen LogP contribution in [0, 0.1) is 0 Å². The molecule has 0 spiro atoms. The number of nitrogens with zero attached hydrogens (tertiary/aromatic N) is 2. The summed E-state index contributed by atoms with van der Waals surface area (Å²) in [6, 6.07) is 14.1. The van der Waals surface area contributed by atoms with Crippen LogP contribution in [0.2, 0.25) is 0 Å². The minimum absolute atomic E-state index is 0.0131. The molecule has 3 aromatic rings. The van der Waals surface area contributed by atoms with Crippen LogP contribution in [0.4, 0.5) is 5.69 Å². The SMILES string of the molecule is CNC(=O)Cc1ccc(NC(=O)Cn2ncc(=O)c3ccccc32)cc1. The number of carbonyl (C=O) groups is 2. The van der Waals surface area contributed by atoms with Crippen LogP contribution >= 0.6 is 0 Å². The van der Waals surface area contributed by atoms with Crippen LogP contribution in [-0.4, -0.2) is 28.6 Å². The fourth-order valence-corrected chi connectivity index (χ4v) is 2.60. The molecule has 0 saturated heterocycles. The van der Waals surface area contributed by atoms with E-state index in [2.05, 4.69) is 15.7 Å². The Morgan fingerprint density at radius 2 is 1.77 bits per heavy atom. The molecule has 7 heteroatoms. The standard InChI is InChI=1S/C19H18N4O3/c1-20-18(25)10-13-6-8-14(9-7-13)22-19(26)12-23-16-5-3-2-4-15(16)17(24)11-21-23/h2-9,11H,10,12H2,1H3,(H,20,25)(H,22,26). The zero-order chi connectivity index (χ0) is 18.5. The van der Waals surface area contributed by atoms with Crippen molar-refractivity contribution >= 4 is 28.4 Å². The maximum absolute atomic E-state index is 12.3. The number of fused-ring (bicyclic) bond motifs is 1. The molecule has 1 aromatic heterocycles. The summed E-state index contributed by atoms with van der Waals surface area (Å²) in [5.74, 6) is -0.330. The molecular formula is C19H18N4O3. The molecule has 26 heavy (non-hydrogen) atoms. The van der Waals surface area contributed by atoms with E-state index in [0.717, 1.165) is 5.56 Å². The van der Waals surface area contributed by atoms with Gasteiger partial charge in [-0.2, -0.15) is 5.10 Å². The Kier molecular flexibility index (Phi) is 5.07. The summed E-state index contributed by atoms with van der Waals surface area (Å²) < 4.78 is 1.49. The normalized spacial score (nSPS) is 10.5. The molecule has 0 unspecified atom stereocenters. The molecule has 0 aliphatic rings. The van der Waals surface area contributed by atoms with Crippen molar-refractivity contribution < 1.29 is 9.59 Å². The number of benzene rings is 2. The zero-order valence-corrected chi connectivity index (χ0v) is 14.2. The molecule has 1 heterocycles. The number of nitrogens with one attached hydrogen (secondary N) is 2. The number of rotatable bonds is 5. The van der Waals surface area contributed by atoms with Crippen molar-refractivity contribution in [2.24, 2.45) is 0 Å². The van der Waals surface area contributed by atoms with Gasteiger partial charge in [0.25, 0.3) is 0 Å². The number of amides is 2. The highest BCUT2D eigenvalue weighted by Gasteiger charge is 2.09. The van der Waals surface area contributed by atoms with E-state index in [9.17, 15) is 14.4 Å². The van der Waals surface area contributed by atoms with Gasteiger partial charge in [-0.25, -0.2) is 0 Å². The van der Waals surface area contributed by atoms with Gasteiger partial charge in [-0.15, -0.1) is 0 Å². The third-order valence-corrected chi connectivity index (χ3v) is 3.94. The predicted molar refractivity (Wildman–Crippen MR) is 98.8 cm³/mol. The molecule has 0 radical (unpaired) electrons. The van der Waals surface area contributed by atoms with Gasteiger partial charge in [-0.3, -0.25) is 19.1 Å². The van der Waals surface area contributed by atoms with Crippen LogP contribution < -0.4 is 16.1 Å². The van der Waals surface area contributed by atoms with Crippen LogP contribution in [0.5, 0.6) is 0 Å². The van der Waals surface area contributed by atoms with E-state index in [0.29, 0.717) is 16.6 Å². The van der Waals surface area contributed by atoms with Crippen molar-refractivity contribution in [2.45, 2.75) is 13.0 Å². The smallest absolute Gasteiger partial charge is 0.246 e. The molecule has 0 saturated carbocycles. The summed E-state index contributed by atoms with van der Waals surface area (Å²) in [4.78, 5) is 35.5. The third-order valence-electron chi connectivity index (χ3n) is 3.94. The first-order valence-electron chi connectivity index (χ1n) is 8.11. The lowest BCUT2D eigenvalue weighted by Crippen LogP contribution is -2.22. The quantitative estimate of drug-likeness (QED) is 0.726. The van der Waals surface area contributed by atoms with Crippen LogP contribution in [0.15, 0.2) is 59.5 Å². The maximum Gasteiger partial charge on any atom is 0.246 e. The van der Waals surface area contributed by atoms with E-state index >= 15 is 0 Å². The number of carbonyl (C=O) groups excluding carboxylic acids is 2. The molecule has 2 amide bonds. The number of hydrogen-bond acceptors (Lipinski definition) is 4. The van der Waals surface area contributed by atoms with Crippen LogP contribution in [0.25, 0.3) is 10.9 Å². The molecule has 7 nitrogen and oxygen atoms in total. The summed E-state index contributed by atoms with van der Waals surface area (Å²) in [6.07, 6.45) is 1.50. The van der Waals surface area contributed by atoms with E-state index in [4.69, 9.17) is 0 Å². The summed E-state index contributed by atoms with van der Waals surface area (Å²) >= 11 is 0. The number of likely N-dealkylation sites (N-methyl/N-ethyl adjacent to an activating group) is 1. The minimum Gasteiger partial charge on any atom is -0.359 e. The van der Waals surface area contributed by atoms with E-state index in [-0.39, 0.29) is 30.2 Å². The topological polar surface area (TPSA) is 93.1 Å². The second-order valence-corrected chi connectivity index (χ2v) is 5.78. The molecule has 2 aromatic carbocycles. The van der Waals surface area contributed by atoms with E-state index in [1.165, 1.54) is 10.9 Å². The molecule has 2 N–H and O–H groups in total. The minimum atomic E-state index is -0.259. The van der Waals surface area contributed by atoms with Crippen LogP contribution in [0.3, 0.4) is 0 Å². The fourth-order valence-electron chi connectivity index (χ4n) is 2.60. The van der Waals surface area contributed by atoms with Gasteiger partial charge in [-0.05, 0) is 29.8 Å². The molecule has 0 atom stereocenters. The highest BCUT2D eigenvalue weighted by molar-refractivity contribution is 5.91. The lowest BCUT2D eigenvalue weighted by atomic mass is 10.1. The summed E-state index contributed by atoms with van der Waals surface area (Å²) in [7, 11) is 1.59. The molecule has 3 rings (SSSR count). The van der Waals surface area contributed by atoms with Crippen molar-refractivity contribution in [2.75, 3.05) is 12.4 Å². The number of para-hydroxylation sites is 1. The fraction of sp³-hybridized carbons (Fsp3) is 0.158. The lowest BCUT2D eigenvalue weighted by Gasteiger charge is -2.10. The molecule has 0 bridgehead atoms. The molecule has 0 aliphatic heterocycles. The Morgan fingerprint density at radius 3 is 2.50 bits per heavy atom. The predicted octanol–water partition coefficient (Wildman–Crippen LogP) is 1.32. The van der Waals surface area contributed by atoms with Gasteiger partial charge in [0.1, 0.15) is 6.54 Å². The summed E-state index contributed by atoms with van der Waals surface area (Å²) in [6.45, 7) is -0.0131. The third kappa shape index (κ3) is 3.94. The van der Waals surface area contributed by atoms with Crippen molar-refractivity contribution in [3.63, 3.8) is 0 Å². The van der Waals surface area contributed by atoms with Gasteiger partial charge >= 0.3 is 0 Å². The zero-order valence-electron chi connectivity index (χ0n) is 14.2. The summed E-state index contributed by atoms with van der Waals surface area (Å²) in [5, 5.41) is 9.92. The monoisotopic (exact) mass is 350 g/mol. The van der Waals surface area contributed by atoms with Crippen molar-refractivity contribution in [3.05, 3.63) is 70.5 Å². The molecular weight excluding hydrogens is 332 g/mol. The highest BCUT2D eigenvalue weighted by atomic mass is 16.2. The molecule has 0 aliphatic carbocycles. The van der Waals surface area contributed by atoms with Crippen molar-refractivity contribution in [3.8, 4) is 0 Å². The Hall–Kier alpha value is -3.48. The van der Waals surface area contributed by atoms with Gasteiger partial charge < -0.3 is 10.6 Å². The number of anilines is 1. The average molecular weight is 350 g/mol. The average Bonchev–Trinajstić information content (AvgIpc) is 2.66. The van der Waals surface area contributed by atoms with E-state index < -0.39 is 0 Å². The molecule has 0 fully saturated rings. The Labute approximate surface area is 149 Å². The van der Waals surface area contributed by atoms with Crippen LogP contribution in [0.1, 0.15) is 5.56 Å². The number of hydrogen-bond donors (Lipinski definition) is 2. The van der Waals surface area contributed by atoms with E-state index in [1.807, 2.05) is 0 Å². The Bertz CT molecular complexity index is 1010. The first-order chi connectivity index (χ1) is 12.6. The Morgan fingerprint density at radius 1 is 1.04 bits per heavy atom. The largest absolute Gasteiger partial charge is 0.359 e. The lowest BCUT2D eigenvalue weighted by molar-refractivity contribution is -0.120. The van der Waals surface area contributed by atoms with E-state index in [1.54, 1.807) is 55.6 Å². The van der Waals surface area contributed by atoms with Gasteiger partial charge in [-0.1, -0.05) is 24.3 Å². The van der Waals surface area contributed by atoms with Crippen molar-refractivity contribution in [1.82, 2.24) is 15.1 Å². The number of aromatic nitrogens is 2. The molecule has 132 valence electrons. The van der Waals surface area contributed by atoms with Gasteiger partial charge in [0.05, 0.1) is 18.1 Å². The van der Waals surface area contributed by atoms with Gasteiger partial charge in [0.2, 0.25) is 17.2 Å². The second kappa shape index (κ2) is 7.60. The Balaban J connectivity index is 1.71. The first kappa shape index (κ1) is 17.3. The highest BCUT2D eigenvalue weighted by Crippen LogP contribution is 2.11. The van der Waals surface area contributed by atoms with Gasteiger partial charge in [0.15, 0.2) is 0 Å².